The molecule has 6 heteroatoms. The number of carboxylic acids is 1. The molecule has 0 radical (unpaired) electrons. The summed E-state index contributed by atoms with van der Waals surface area (Å²) in [5.74, 6) is -0.708. The average molecular weight is 338 g/mol. The minimum absolute atomic E-state index is 0.0102. The summed E-state index contributed by atoms with van der Waals surface area (Å²) in [7, 11) is 0. The van der Waals surface area contributed by atoms with Crippen LogP contribution in [0.1, 0.15) is 37.2 Å². The van der Waals surface area contributed by atoms with Gasteiger partial charge < -0.3 is 15.2 Å². The summed E-state index contributed by atoms with van der Waals surface area (Å²) in [4.78, 5) is 23.2. The minimum atomic E-state index is -0.927. The maximum Gasteiger partial charge on any atom is 0.332 e. The molecule has 4 atom stereocenters. The van der Waals surface area contributed by atoms with Crippen molar-refractivity contribution in [3.05, 3.63) is 34.9 Å². The first-order valence-corrected chi connectivity index (χ1v) is 8.34. The van der Waals surface area contributed by atoms with E-state index < -0.39 is 12.1 Å². The van der Waals surface area contributed by atoms with E-state index in [1.54, 1.807) is 0 Å². The van der Waals surface area contributed by atoms with Crippen molar-refractivity contribution in [1.82, 2.24) is 5.32 Å². The van der Waals surface area contributed by atoms with Crippen LogP contribution in [0.5, 0.6) is 0 Å². The van der Waals surface area contributed by atoms with Crippen molar-refractivity contribution >= 4 is 23.5 Å². The standard InChI is InChI=1S/C17H20ClNO4/c18-11-4-1-3-10(7-11)13-8-14(13)16(20)19-9-12-5-2-6-15(23-12)17(21)22/h1,3-4,7,12-15H,2,5-6,8-9H2,(H,19,20)(H,21,22)/t12-,13-,14+,15-/m0/s1. The van der Waals surface area contributed by atoms with Gasteiger partial charge in [0.2, 0.25) is 5.91 Å². The molecule has 1 aromatic carbocycles. The third-order valence-corrected chi connectivity index (χ3v) is 4.77. The topological polar surface area (TPSA) is 75.6 Å². The van der Waals surface area contributed by atoms with Crippen LogP contribution in [0.25, 0.3) is 0 Å². The molecular formula is C17H20ClNO4. The normalized spacial score (nSPS) is 29.8. The SMILES string of the molecule is O=C(O)[C@@H]1CCC[C@@H](CNC(=O)[C@@H]2C[C@H]2c2cccc(Cl)c2)O1. The number of halogens is 1. The molecule has 1 aliphatic heterocycles. The number of hydrogen-bond acceptors (Lipinski definition) is 3. The van der Waals surface area contributed by atoms with Crippen molar-refractivity contribution in [3.8, 4) is 0 Å². The molecule has 1 aromatic rings. The van der Waals surface area contributed by atoms with Gasteiger partial charge in [-0.3, -0.25) is 4.79 Å². The Balaban J connectivity index is 1.46. The number of carbonyl (C=O) groups excluding carboxylic acids is 1. The Morgan fingerprint density at radius 1 is 1.35 bits per heavy atom. The van der Waals surface area contributed by atoms with Gasteiger partial charge in [-0.05, 0) is 49.3 Å². The highest BCUT2D eigenvalue weighted by Crippen LogP contribution is 2.47. The highest BCUT2D eigenvalue weighted by Gasteiger charge is 2.44. The first kappa shape index (κ1) is 16.3. The molecule has 1 heterocycles. The Labute approximate surface area is 140 Å². The number of benzene rings is 1. The number of ether oxygens (including phenoxy) is 1. The Kier molecular flexibility index (Phi) is 4.87. The second-order valence-electron chi connectivity index (χ2n) is 6.26. The molecular weight excluding hydrogens is 318 g/mol. The largest absolute Gasteiger partial charge is 0.479 e. The van der Waals surface area contributed by atoms with Crippen LogP contribution in [0.15, 0.2) is 24.3 Å². The third kappa shape index (κ3) is 4.03. The monoisotopic (exact) mass is 337 g/mol. The lowest BCUT2D eigenvalue weighted by Crippen LogP contribution is -2.41. The van der Waals surface area contributed by atoms with Crippen LogP contribution in [0, 0.1) is 5.92 Å². The van der Waals surface area contributed by atoms with E-state index in [0.29, 0.717) is 18.0 Å². The van der Waals surface area contributed by atoms with E-state index in [2.05, 4.69) is 5.32 Å². The van der Waals surface area contributed by atoms with Crippen LogP contribution in [0.4, 0.5) is 0 Å². The Bertz CT molecular complexity index is 606. The summed E-state index contributed by atoms with van der Waals surface area (Å²) in [6.45, 7) is 0.376. The molecule has 23 heavy (non-hydrogen) atoms. The number of aliphatic carboxylic acids is 1. The van der Waals surface area contributed by atoms with Gasteiger partial charge in [-0.2, -0.15) is 0 Å². The zero-order valence-electron chi connectivity index (χ0n) is 12.7. The van der Waals surface area contributed by atoms with Crippen LogP contribution in [-0.2, 0) is 14.3 Å². The maximum atomic E-state index is 12.2. The highest BCUT2D eigenvalue weighted by molar-refractivity contribution is 6.30. The van der Waals surface area contributed by atoms with E-state index in [0.717, 1.165) is 24.8 Å². The quantitative estimate of drug-likeness (QED) is 0.866. The van der Waals surface area contributed by atoms with Gasteiger partial charge in [0.05, 0.1) is 6.10 Å². The van der Waals surface area contributed by atoms with E-state index in [1.807, 2.05) is 24.3 Å². The lowest BCUT2D eigenvalue weighted by molar-refractivity contribution is -0.158. The second-order valence-corrected chi connectivity index (χ2v) is 6.70. The fraction of sp³-hybridized carbons (Fsp3) is 0.529. The number of rotatable bonds is 5. The summed E-state index contributed by atoms with van der Waals surface area (Å²) >= 11 is 5.98. The number of carbonyl (C=O) groups is 2. The summed E-state index contributed by atoms with van der Waals surface area (Å²) < 4.78 is 5.49. The van der Waals surface area contributed by atoms with E-state index in [-0.39, 0.29) is 23.8 Å². The first-order valence-electron chi connectivity index (χ1n) is 7.96. The van der Waals surface area contributed by atoms with Gasteiger partial charge in [0, 0.05) is 17.5 Å². The molecule has 1 aliphatic carbocycles. The van der Waals surface area contributed by atoms with Crippen LogP contribution in [0.2, 0.25) is 5.02 Å². The molecule has 0 aromatic heterocycles. The van der Waals surface area contributed by atoms with Crippen molar-refractivity contribution < 1.29 is 19.4 Å². The zero-order valence-corrected chi connectivity index (χ0v) is 13.5. The third-order valence-electron chi connectivity index (χ3n) is 4.53. The van der Waals surface area contributed by atoms with Crippen molar-refractivity contribution in [2.75, 3.05) is 6.54 Å². The molecule has 1 saturated carbocycles. The smallest absolute Gasteiger partial charge is 0.332 e. The molecule has 3 rings (SSSR count). The Morgan fingerprint density at radius 3 is 2.91 bits per heavy atom. The molecule has 2 fully saturated rings. The van der Waals surface area contributed by atoms with Gasteiger partial charge in [0.15, 0.2) is 6.10 Å². The molecule has 0 spiro atoms. The predicted molar refractivity (Wildman–Crippen MR) is 85.5 cm³/mol. The van der Waals surface area contributed by atoms with Gasteiger partial charge in [-0.15, -0.1) is 0 Å². The summed E-state index contributed by atoms with van der Waals surface area (Å²) in [6.07, 6.45) is 2.01. The van der Waals surface area contributed by atoms with Crippen LogP contribution in [-0.4, -0.2) is 35.7 Å². The fourth-order valence-electron chi connectivity index (χ4n) is 3.17. The number of nitrogens with one attached hydrogen (secondary N) is 1. The number of carboxylic acid groups (broad SMARTS) is 1. The van der Waals surface area contributed by atoms with Gasteiger partial charge in [-0.25, -0.2) is 4.79 Å². The summed E-state index contributed by atoms with van der Waals surface area (Å²) in [5.41, 5.74) is 1.09. The lowest BCUT2D eigenvalue weighted by Gasteiger charge is -2.27. The maximum absolute atomic E-state index is 12.2. The van der Waals surface area contributed by atoms with Gasteiger partial charge in [0.1, 0.15) is 0 Å². The first-order chi connectivity index (χ1) is 11.0. The lowest BCUT2D eigenvalue weighted by atomic mass is 10.0. The van der Waals surface area contributed by atoms with E-state index in [9.17, 15) is 9.59 Å². The van der Waals surface area contributed by atoms with Crippen LogP contribution >= 0.6 is 11.6 Å². The minimum Gasteiger partial charge on any atom is -0.479 e. The summed E-state index contributed by atoms with van der Waals surface area (Å²) in [6, 6.07) is 7.61. The zero-order chi connectivity index (χ0) is 16.4. The molecule has 1 amide bonds. The molecule has 2 aliphatic rings. The van der Waals surface area contributed by atoms with Crippen LogP contribution in [0.3, 0.4) is 0 Å². The van der Waals surface area contributed by atoms with Crippen molar-refractivity contribution in [3.63, 3.8) is 0 Å². The molecule has 0 bridgehead atoms. The average Bonchev–Trinajstić information content (AvgIpc) is 3.33. The van der Waals surface area contributed by atoms with Crippen molar-refractivity contribution in [2.24, 2.45) is 5.92 Å². The van der Waals surface area contributed by atoms with Gasteiger partial charge >= 0.3 is 5.97 Å². The molecule has 5 nitrogen and oxygen atoms in total. The Morgan fingerprint density at radius 2 is 2.17 bits per heavy atom. The predicted octanol–water partition coefficient (Wildman–Crippen LogP) is 2.58. The fourth-order valence-corrected chi connectivity index (χ4v) is 3.37. The van der Waals surface area contributed by atoms with Gasteiger partial charge in [-0.1, -0.05) is 23.7 Å². The highest BCUT2D eigenvalue weighted by atomic mass is 35.5. The summed E-state index contributed by atoms with van der Waals surface area (Å²) in [5, 5.41) is 12.6. The van der Waals surface area contributed by atoms with Gasteiger partial charge in [0.25, 0.3) is 0 Å². The Hall–Kier alpha value is -1.59. The molecule has 124 valence electrons. The van der Waals surface area contributed by atoms with E-state index in [4.69, 9.17) is 21.4 Å². The van der Waals surface area contributed by atoms with Crippen LogP contribution < -0.4 is 5.32 Å². The van der Waals surface area contributed by atoms with E-state index in [1.165, 1.54) is 0 Å². The molecule has 0 unspecified atom stereocenters. The molecule has 2 N–H and O–H groups in total. The van der Waals surface area contributed by atoms with E-state index >= 15 is 0 Å². The van der Waals surface area contributed by atoms with Crippen molar-refractivity contribution in [1.29, 1.82) is 0 Å². The second kappa shape index (κ2) is 6.89. The number of hydrogen-bond donors (Lipinski definition) is 2. The molecule has 1 saturated heterocycles. The number of amides is 1. The van der Waals surface area contributed by atoms with Crippen molar-refractivity contribution in [2.45, 2.75) is 43.8 Å².